The predicted molar refractivity (Wildman–Crippen MR) is 138 cm³/mol. The molecule has 0 heterocycles. The van der Waals surface area contributed by atoms with Crippen LogP contribution in [0.15, 0.2) is 120 Å². The Morgan fingerprint density at radius 3 is 1.68 bits per heavy atom. The van der Waals surface area contributed by atoms with E-state index in [0.29, 0.717) is 10.6 Å². The first-order chi connectivity index (χ1) is 16.7. The second-order valence-corrected chi connectivity index (χ2v) is 8.37. The van der Waals surface area contributed by atoms with Crippen LogP contribution in [0.3, 0.4) is 0 Å². The number of aliphatic imine (C=N–C) groups is 1. The second kappa shape index (κ2) is 11.2. The van der Waals surface area contributed by atoms with Crippen molar-refractivity contribution in [2.45, 2.75) is 18.4 Å². The molecule has 0 aromatic heterocycles. The van der Waals surface area contributed by atoms with E-state index in [1.807, 2.05) is 91.0 Å². The van der Waals surface area contributed by atoms with E-state index in [1.54, 1.807) is 24.3 Å². The van der Waals surface area contributed by atoms with E-state index in [4.69, 9.17) is 16.6 Å². The highest BCUT2D eigenvalue weighted by molar-refractivity contribution is 6.30. The number of nitrogens with zero attached hydrogens (tertiary/aromatic N) is 2. The van der Waals surface area contributed by atoms with E-state index in [9.17, 15) is 10.1 Å². The van der Waals surface area contributed by atoms with Crippen molar-refractivity contribution < 1.29 is 4.79 Å². The predicted octanol–water partition coefficient (Wildman–Crippen LogP) is 7.13. The van der Waals surface area contributed by atoms with Gasteiger partial charge in [-0.2, -0.15) is 5.26 Å². The molecule has 166 valence electrons. The Labute approximate surface area is 205 Å². The zero-order valence-electron chi connectivity index (χ0n) is 18.5. The lowest BCUT2D eigenvalue weighted by atomic mass is 9.86. The molecule has 2 atom stereocenters. The second-order valence-electron chi connectivity index (χ2n) is 7.94. The highest BCUT2D eigenvalue weighted by Gasteiger charge is 2.27. The van der Waals surface area contributed by atoms with Gasteiger partial charge in [0.15, 0.2) is 5.78 Å². The van der Waals surface area contributed by atoms with Crippen molar-refractivity contribution in [2.75, 3.05) is 0 Å². The molecule has 0 saturated heterocycles. The molecular formula is C30H23ClN2O. The van der Waals surface area contributed by atoms with Crippen LogP contribution in [0.4, 0.5) is 0 Å². The topological polar surface area (TPSA) is 53.2 Å². The molecule has 0 amide bonds. The van der Waals surface area contributed by atoms with Crippen LogP contribution in [0.25, 0.3) is 0 Å². The van der Waals surface area contributed by atoms with Crippen LogP contribution in [0, 0.1) is 11.3 Å². The minimum atomic E-state index is -0.774. The summed E-state index contributed by atoms with van der Waals surface area (Å²) in [7, 11) is 0. The van der Waals surface area contributed by atoms with Crippen LogP contribution in [-0.4, -0.2) is 17.5 Å². The molecule has 4 heteroatoms. The number of hydrogen-bond acceptors (Lipinski definition) is 3. The molecule has 0 spiro atoms. The number of rotatable bonds is 8. The van der Waals surface area contributed by atoms with Crippen LogP contribution in [0.2, 0.25) is 5.02 Å². The van der Waals surface area contributed by atoms with E-state index in [-0.39, 0.29) is 12.2 Å². The summed E-state index contributed by atoms with van der Waals surface area (Å²) >= 11 is 6.12. The number of hydrogen-bond donors (Lipinski definition) is 0. The van der Waals surface area contributed by atoms with Gasteiger partial charge in [-0.05, 0) is 17.7 Å². The van der Waals surface area contributed by atoms with Crippen LogP contribution >= 0.6 is 11.6 Å². The SMILES string of the molecule is N#C[C@H](N=C(c1ccccc1)c1ccccc1)[C@@H](CC(=O)c1ccccc1)c1ccc(Cl)cc1. The first-order valence-corrected chi connectivity index (χ1v) is 11.5. The van der Waals surface area contributed by atoms with E-state index in [0.717, 1.165) is 22.4 Å². The van der Waals surface area contributed by atoms with Gasteiger partial charge in [0, 0.05) is 34.1 Å². The summed E-state index contributed by atoms with van der Waals surface area (Å²) in [5.74, 6) is -0.464. The Morgan fingerprint density at radius 2 is 1.21 bits per heavy atom. The van der Waals surface area contributed by atoms with Crippen molar-refractivity contribution in [2.24, 2.45) is 4.99 Å². The van der Waals surface area contributed by atoms with Crippen LogP contribution in [-0.2, 0) is 0 Å². The highest BCUT2D eigenvalue weighted by Crippen LogP contribution is 2.29. The standard InChI is InChI=1S/C30H23ClN2O/c31-26-18-16-22(17-19-26)27(20-29(34)23-10-4-1-5-11-23)28(21-32)33-30(24-12-6-2-7-13-24)25-14-8-3-9-15-25/h1-19,27-28H,20H2/t27-,28-/m0/s1. The smallest absolute Gasteiger partial charge is 0.163 e. The van der Waals surface area contributed by atoms with Crippen molar-refractivity contribution in [3.63, 3.8) is 0 Å². The van der Waals surface area contributed by atoms with Gasteiger partial charge in [0.1, 0.15) is 6.04 Å². The molecule has 0 saturated carbocycles. The number of carbonyl (C=O) groups excluding carboxylic acids is 1. The van der Waals surface area contributed by atoms with Gasteiger partial charge in [-0.25, -0.2) is 0 Å². The summed E-state index contributed by atoms with van der Waals surface area (Å²) in [6, 6.07) is 37.7. The molecule has 0 bridgehead atoms. The van der Waals surface area contributed by atoms with Crippen molar-refractivity contribution in [3.05, 3.63) is 143 Å². The Balaban J connectivity index is 1.79. The van der Waals surface area contributed by atoms with Gasteiger partial charge >= 0.3 is 0 Å². The van der Waals surface area contributed by atoms with Crippen molar-refractivity contribution in [3.8, 4) is 6.07 Å². The zero-order valence-corrected chi connectivity index (χ0v) is 19.3. The van der Waals surface area contributed by atoms with Crippen molar-refractivity contribution in [1.82, 2.24) is 0 Å². The first kappa shape index (κ1) is 23.2. The number of Topliss-reactive ketones (excluding diaryl/α,β-unsaturated/α-hetero) is 1. The van der Waals surface area contributed by atoms with Gasteiger partial charge in [0.2, 0.25) is 0 Å². The van der Waals surface area contributed by atoms with Crippen LogP contribution < -0.4 is 0 Å². The molecule has 0 fully saturated rings. The Hall–Kier alpha value is -4.00. The lowest BCUT2D eigenvalue weighted by Crippen LogP contribution is -2.21. The Kier molecular flexibility index (Phi) is 7.65. The summed E-state index contributed by atoms with van der Waals surface area (Å²) in [6.07, 6.45) is 0.157. The third kappa shape index (κ3) is 5.67. The minimum Gasteiger partial charge on any atom is -0.294 e. The molecule has 0 radical (unpaired) electrons. The molecule has 4 rings (SSSR count). The molecular weight excluding hydrogens is 440 g/mol. The maximum absolute atomic E-state index is 13.2. The fourth-order valence-corrected chi connectivity index (χ4v) is 4.05. The molecule has 34 heavy (non-hydrogen) atoms. The molecule has 0 aliphatic rings. The van der Waals surface area contributed by atoms with Crippen LogP contribution in [0.1, 0.15) is 39.4 Å². The molecule has 4 aromatic rings. The quantitative estimate of drug-likeness (QED) is 0.206. The van der Waals surface area contributed by atoms with Crippen LogP contribution in [0.5, 0.6) is 0 Å². The van der Waals surface area contributed by atoms with Gasteiger partial charge in [-0.15, -0.1) is 0 Å². The van der Waals surface area contributed by atoms with Crippen molar-refractivity contribution in [1.29, 1.82) is 5.26 Å². The molecule has 0 aliphatic heterocycles. The van der Waals surface area contributed by atoms with Gasteiger partial charge in [0.25, 0.3) is 0 Å². The Bertz CT molecular complexity index is 1250. The number of benzene rings is 4. The third-order valence-corrected chi connectivity index (χ3v) is 5.93. The van der Waals surface area contributed by atoms with E-state index in [2.05, 4.69) is 6.07 Å². The van der Waals surface area contributed by atoms with E-state index < -0.39 is 12.0 Å². The zero-order chi connectivity index (χ0) is 23.8. The molecule has 0 unspecified atom stereocenters. The lowest BCUT2D eigenvalue weighted by Gasteiger charge is -2.21. The fraction of sp³-hybridized carbons (Fsp3) is 0.100. The normalized spacial score (nSPS) is 12.2. The fourth-order valence-electron chi connectivity index (χ4n) is 3.92. The molecule has 3 nitrogen and oxygen atoms in total. The molecule has 4 aromatic carbocycles. The number of nitriles is 1. The summed E-state index contributed by atoms with van der Waals surface area (Å²) < 4.78 is 0. The summed E-state index contributed by atoms with van der Waals surface area (Å²) in [4.78, 5) is 18.1. The number of carbonyl (C=O) groups is 1. The van der Waals surface area contributed by atoms with E-state index in [1.165, 1.54) is 0 Å². The molecule has 0 aliphatic carbocycles. The maximum Gasteiger partial charge on any atom is 0.163 e. The first-order valence-electron chi connectivity index (χ1n) is 11.1. The lowest BCUT2D eigenvalue weighted by molar-refractivity contribution is 0.0972. The van der Waals surface area contributed by atoms with Gasteiger partial charge in [-0.1, -0.05) is 115 Å². The van der Waals surface area contributed by atoms with Gasteiger partial charge in [-0.3, -0.25) is 9.79 Å². The highest BCUT2D eigenvalue weighted by atomic mass is 35.5. The monoisotopic (exact) mass is 462 g/mol. The Morgan fingerprint density at radius 1 is 0.735 bits per heavy atom. The summed E-state index contributed by atoms with van der Waals surface area (Å²) in [5, 5.41) is 10.8. The number of ketones is 1. The maximum atomic E-state index is 13.2. The minimum absolute atomic E-state index is 0.0306. The van der Waals surface area contributed by atoms with Gasteiger partial charge in [0.05, 0.1) is 11.8 Å². The van der Waals surface area contributed by atoms with E-state index >= 15 is 0 Å². The average molecular weight is 463 g/mol. The third-order valence-electron chi connectivity index (χ3n) is 5.68. The van der Waals surface area contributed by atoms with Crippen molar-refractivity contribution >= 4 is 23.1 Å². The summed E-state index contributed by atoms with van der Waals surface area (Å²) in [5.41, 5.74) is 4.02. The average Bonchev–Trinajstić information content (AvgIpc) is 2.90. The van der Waals surface area contributed by atoms with Gasteiger partial charge < -0.3 is 0 Å². The number of halogens is 1. The summed E-state index contributed by atoms with van der Waals surface area (Å²) in [6.45, 7) is 0. The largest absolute Gasteiger partial charge is 0.294 e. The molecule has 0 N–H and O–H groups in total.